The molecule has 0 saturated carbocycles. The molecule has 0 bridgehead atoms. The molecule has 3 rings (SSSR count). The molecule has 1 aromatic carbocycles. The average molecular weight is 199 g/mol. The quantitative estimate of drug-likeness (QED) is 0.520. The van der Waals surface area contributed by atoms with Gasteiger partial charge < -0.3 is 5.73 Å². The van der Waals surface area contributed by atoms with E-state index in [-0.39, 0.29) is 0 Å². The molecule has 0 unspecified atom stereocenters. The predicted octanol–water partition coefficient (Wildman–Crippen LogP) is 1.54. The first-order chi connectivity index (χ1) is 7.36. The minimum absolute atomic E-state index is 0.675. The molecule has 0 aliphatic carbocycles. The molecule has 0 amide bonds. The zero-order valence-electron chi connectivity index (χ0n) is 7.86. The van der Waals surface area contributed by atoms with E-state index >= 15 is 0 Å². The molecule has 2 aromatic heterocycles. The second-order valence-electron chi connectivity index (χ2n) is 3.31. The van der Waals surface area contributed by atoms with Gasteiger partial charge in [0.05, 0.1) is 17.1 Å². The number of aromatic amines is 2. The van der Waals surface area contributed by atoms with Crippen LogP contribution in [0, 0.1) is 0 Å². The van der Waals surface area contributed by atoms with Crippen molar-refractivity contribution in [2.24, 2.45) is 0 Å². The number of aromatic nitrogens is 4. The van der Waals surface area contributed by atoms with E-state index in [1.807, 2.05) is 24.3 Å². The molecule has 3 aromatic rings. The van der Waals surface area contributed by atoms with Crippen LogP contribution >= 0.6 is 0 Å². The summed E-state index contributed by atoms with van der Waals surface area (Å²) in [6, 6.07) is 7.61. The Labute approximate surface area is 85.3 Å². The third-order valence-electron chi connectivity index (χ3n) is 2.39. The van der Waals surface area contributed by atoms with E-state index in [4.69, 9.17) is 5.73 Å². The van der Waals surface area contributed by atoms with Crippen molar-refractivity contribution in [1.29, 1.82) is 0 Å². The molecular weight excluding hydrogens is 190 g/mol. The number of H-pyrrole nitrogens is 2. The maximum absolute atomic E-state index is 5.81. The van der Waals surface area contributed by atoms with Crippen LogP contribution < -0.4 is 5.73 Å². The number of hydrogen-bond donors (Lipinski definition) is 3. The Morgan fingerprint density at radius 1 is 1.13 bits per heavy atom. The van der Waals surface area contributed by atoms with E-state index in [1.54, 1.807) is 6.20 Å². The normalized spacial score (nSPS) is 10.9. The number of nitrogen functional groups attached to an aromatic ring is 1. The molecule has 5 heteroatoms. The molecule has 0 aliphatic heterocycles. The summed E-state index contributed by atoms with van der Waals surface area (Å²) in [6.07, 6.45) is 1.70. The van der Waals surface area contributed by atoms with Crippen molar-refractivity contribution in [2.75, 3.05) is 5.73 Å². The second kappa shape index (κ2) is 2.84. The van der Waals surface area contributed by atoms with Gasteiger partial charge in [0.15, 0.2) is 0 Å². The second-order valence-corrected chi connectivity index (χ2v) is 3.31. The summed E-state index contributed by atoms with van der Waals surface area (Å²) in [5, 5.41) is 14.9. The highest BCUT2D eigenvalue weighted by Gasteiger charge is 2.09. The first-order valence-corrected chi connectivity index (χ1v) is 4.58. The molecular formula is C10H9N5. The monoisotopic (exact) mass is 199 g/mol. The number of fused-ring (bicyclic) bond motifs is 1. The van der Waals surface area contributed by atoms with Crippen molar-refractivity contribution in [2.45, 2.75) is 0 Å². The van der Waals surface area contributed by atoms with Crippen LogP contribution in [0.2, 0.25) is 0 Å². The average Bonchev–Trinajstić information content (AvgIpc) is 2.85. The number of hydrogen-bond acceptors (Lipinski definition) is 3. The summed E-state index contributed by atoms with van der Waals surface area (Å²) < 4.78 is 0. The first kappa shape index (κ1) is 8.05. The summed E-state index contributed by atoms with van der Waals surface area (Å²) in [5.41, 5.74) is 9.10. The van der Waals surface area contributed by atoms with E-state index < -0.39 is 0 Å². The van der Waals surface area contributed by atoms with E-state index in [9.17, 15) is 0 Å². The fourth-order valence-electron chi connectivity index (χ4n) is 1.66. The molecule has 74 valence electrons. The Hall–Kier alpha value is -2.30. The van der Waals surface area contributed by atoms with Gasteiger partial charge in [0.25, 0.3) is 0 Å². The van der Waals surface area contributed by atoms with Gasteiger partial charge in [-0.15, -0.1) is 0 Å². The Bertz CT molecular complexity index is 593. The van der Waals surface area contributed by atoms with E-state index in [1.165, 1.54) is 0 Å². The number of rotatable bonds is 1. The van der Waals surface area contributed by atoms with Crippen LogP contribution in [-0.2, 0) is 0 Å². The smallest absolute Gasteiger partial charge is 0.116 e. The zero-order chi connectivity index (χ0) is 10.3. The SMILES string of the molecule is Nc1cccc2c(-c3ccn[nH]3)[nH]nc12. The topological polar surface area (TPSA) is 83.4 Å². The molecule has 0 atom stereocenters. The number of anilines is 1. The molecule has 2 heterocycles. The van der Waals surface area contributed by atoms with E-state index in [0.717, 1.165) is 22.3 Å². The van der Waals surface area contributed by atoms with Gasteiger partial charge in [-0.1, -0.05) is 12.1 Å². The maximum atomic E-state index is 5.81. The molecule has 0 aliphatic rings. The molecule has 15 heavy (non-hydrogen) atoms. The number of benzene rings is 1. The zero-order valence-corrected chi connectivity index (χ0v) is 7.86. The highest BCUT2D eigenvalue weighted by atomic mass is 15.2. The summed E-state index contributed by atoms with van der Waals surface area (Å²) in [6.45, 7) is 0. The molecule has 4 N–H and O–H groups in total. The van der Waals surface area contributed by atoms with Crippen LogP contribution in [-0.4, -0.2) is 20.4 Å². The predicted molar refractivity (Wildman–Crippen MR) is 58.1 cm³/mol. The van der Waals surface area contributed by atoms with Gasteiger partial charge in [0.1, 0.15) is 5.52 Å². The fraction of sp³-hybridized carbons (Fsp3) is 0. The molecule has 0 saturated heterocycles. The first-order valence-electron chi connectivity index (χ1n) is 4.58. The maximum Gasteiger partial charge on any atom is 0.116 e. The van der Waals surface area contributed by atoms with Crippen LogP contribution in [0.1, 0.15) is 0 Å². The third-order valence-corrected chi connectivity index (χ3v) is 2.39. The standard InChI is InChI=1S/C10H9N5/c11-7-3-1-2-6-9(7)14-15-10(6)8-4-5-12-13-8/h1-5H,11H2,(H,12,13)(H,14,15). The lowest BCUT2D eigenvalue weighted by molar-refractivity contribution is 1.07. The minimum atomic E-state index is 0.675. The van der Waals surface area contributed by atoms with Crippen LogP contribution in [0.5, 0.6) is 0 Å². The third kappa shape index (κ3) is 1.10. The van der Waals surface area contributed by atoms with Crippen molar-refractivity contribution in [3.05, 3.63) is 30.5 Å². The number of nitrogens with zero attached hydrogens (tertiary/aromatic N) is 2. The summed E-state index contributed by atoms with van der Waals surface area (Å²) in [4.78, 5) is 0. The van der Waals surface area contributed by atoms with Crippen LogP contribution in [0.4, 0.5) is 5.69 Å². The molecule has 5 nitrogen and oxygen atoms in total. The highest BCUT2D eigenvalue weighted by molar-refractivity contribution is 5.98. The minimum Gasteiger partial charge on any atom is -0.397 e. The van der Waals surface area contributed by atoms with Crippen molar-refractivity contribution >= 4 is 16.6 Å². The van der Waals surface area contributed by atoms with E-state index in [2.05, 4.69) is 20.4 Å². The highest BCUT2D eigenvalue weighted by Crippen LogP contribution is 2.27. The lowest BCUT2D eigenvalue weighted by atomic mass is 10.1. The lowest BCUT2D eigenvalue weighted by Gasteiger charge is -1.95. The van der Waals surface area contributed by atoms with Crippen LogP contribution in [0.15, 0.2) is 30.5 Å². The van der Waals surface area contributed by atoms with Gasteiger partial charge in [-0.2, -0.15) is 10.2 Å². The van der Waals surface area contributed by atoms with Crippen molar-refractivity contribution in [1.82, 2.24) is 20.4 Å². The van der Waals surface area contributed by atoms with E-state index in [0.29, 0.717) is 5.69 Å². The van der Waals surface area contributed by atoms with Crippen LogP contribution in [0.3, 0.4) is 0 Å². The van der Waals surface area contributed by atoms with Gasteiger partial charge in [-0.25, -0.2) is 0 Å². The summed E-state index contributed by atoms with van der Waals surface area (Å²) in [5.74, 6) is 0. The Kier molecular flexibility index (Phi) is 1.53. The van der Waals surface area contributed by atoms with Gasteiger partial charge in [-0.3, -0.25) is 10.2 Å². The largest absolute Gasteiger partial charge is 0.397 e. The van der Waals surface area contributed by atoms with Gasteiger partial charge in [0, 0.05) is 11.6 Å². The van der Waals surface area contributed by atoms with Crippen molar-refractivity contribution in [3.63, 3.8) is 0 Å². The molecule has 0 spiro atoms. The summed E-state index contributed by atoms with van der Waals surface area (Å²) in [7, 11) is 0. The Balaban J connectivity index is 2.34. The fourth-order valence-corrected chi connectivity index (χ4v) is 1.66. The summed E-state index contributed by atoms with van der Waals surface area (Å²) >= 11 is 0. The molecule has 0 radical (unpaired) electrons. The van der Waals surface area contributed by atoms with Crippen molar-refractivity contribution < 1.29 is 0 Å². The number of nitrogens with one attached hydrogen (secondary N) is 2. The number of nitrogens with two attached hydrogens (primary N) is 1. The Morgan fingerprint density at radius 3 is 2.87 bits per heavy atom. The van der Waals surface area contributed by atoms with Gasteiger partial charge in [0.2, 0.25) is 0 Å². The lowest BCUT2D eigenvalue weighted by Crippen LogP contribution is -1.84. The van der Waals surface area contributed by atoms with Gasteiger partial charge in [-0.05, 0) is 12.1 Å². The Morgan fingerprint density at radius 2 is 2.07 bits per heavy atom. The van der Waals surface area contributed by atoms with Gasteiger partial charge >= 0.3 is 0 Å². The molecule has 0 fully saturated rings. The van der Waals surface area contributed by atoms with Crippen LogP contribution in [0.25, 0.3) is 22.3 Å². The van der Waals surface area contributed by atoms with Crippen molar-refractivity contribution in [3.8, 4) is 11.4 Å². The number of para-hydroxylation sites is 1.